The molecule has 0 atom stereocenters. The first-order valence-corrected chi connectivity index (χ1v) is 9.96. The first kappa shape index (κ1) is 21.8. The van der Waals surface area contributed by atoms with Crippen molar-refractivity contribution in [2.45, 2.75) is 58.7 Å². The Balaban J connectivity index is 1.83. The molecule has 0 aromatic heterocycles. The normalized spacial score (nSPS) is 20.2. The van der Waals surface area contributed by atoms with Gasteiger partial charge in [0.05, 0.1) is 25.8 Å². The van der Waals surface area contributed by atoms with Crippen molar-refractivity contribution in [3.8, 4) is 0 Å². The average Bonchev–Trinajstić information content (AvgIpc) is 2.54. The lowest BCUT2D eigenvalue weighted by atomic mass is 10.0. The van der Waals surface area contributed by atoms with Crippen molar-refractivity contribution in [3.05, 3.63) is 0 Å². The summed E-state index contributed by atoms with van der Waals surface area (Å²) in [6.07, 6.45) is -0.254. The molecule has 0 unspecified atom stereocenters. The molecule has 8 heteroatoms. The zero-order valence-corrected chi connectivity index (χ0v) is 17.8. The van der Waals surface area contributed by atoms with Crippen LogP contribution in [0, 0.1) is 0 Å². The molecule has 2 aliphatic heterocycles. The molecule has 156 valence electrons. The van der Waals surface area contributed by atoms with Crippen molar-refractivity contribution < 1.29 is 14.3 Å². The summed E-state index contributed by atoms with van der Waals surface area (Å²) in [4.78, 5) is 21.0. The van der Waals surface area contributed by atoms with E-state index in [-0.39, 0.29) is 17.7 Å². The Labute approximate surface area is 163 Å². The summed E-state index contributed by atoms with van der Waals surface area (Å²) < 4.78 is 10.8. The van der Waals surface area contributed by atoms with Crippen molar-refractivity contribution in [2.24, 2.45) is 4.99 Å². The fourth-order valence-corrected chi connectivity index (χ4v) is 3.10. The standard InChI is InChI=1S/C19H37N5O3/c1-7-20-16(21-14-19(5,6)24-8-10-26-11-9-24)22-15-12-23(13-15)17(25)27-18(2,3)4/h15H,7-14H2,1-6H3,(H2,20,21,22). The minimum atomic E-state index is -0.461. The molecule has 0 aliphatic carbocycles. The summed E-state index contributed by atoms with van der Waals surface area (Å²) in [6, 6.07) is 0.196. The molecule has 2 fully saturated rings. The molecule has 8 nitrogen and oxygen atoms in total. The van der Waals surface area contributed by atoms with Gasteiger partial charge in [-0.25, -0.2) is 4.79 Å². The number of ether oxygens (including phenoxy) is 2. The van der Waals surface area contributed by atoms with E-state index >= 15 is 0 Å². The summed E-state index contributed by atoms with van der Waals surface area (Å²) in [7, 11) is 0. The van der Waals surface area contributed by atoms with Crippen LogP contribution >= 0.6 is 0 Å². The topological polar surface area (TPSA) is 78.4 Å². The number of hydrogen-bond acceptors (Lipinski definition) is 5. The van der Waals surface area contributed by atoms with E-state index < -0.39 is 5.60 Å². The maximum atomic E-state index is 12.0. The molecule has 27 heavy (non-hydrogen) atoms. The van der Waals surface area contributed by atoms with Gasteiger partial charge >= 0.3 is 6.09 Å². The molecule has 1 amide bonds. The summed E-state index contributed by atoms with van der Waals surface area (Å²) in [6.45, 7) is 18.4. The van der Waals surface area contributed by atoms with Crippen LogP contribution in [0.1, 0.15) is 41.5 Å². The van der Waals surface area contributed by atoms with E-state index in [2.05, 4.69) is 36.3 Å². The van der Waals surface area contributed by atoms with Crippen molar-refractivity contribution >= 4 is 12.1 Å². The van der Waals surface area contributed by atoms with Crippen LogP contribution in [0.25, 0.3) is 0 Å². The first-order chi connectivity index (χ1) is 12.6. The van der Waals surface area contributed by atoms with Crippen LogP contribution in [-0.2, 0) is 9.47 Å². The van der Waals surface area contributed by atoms with Gasteiger partial charge in [0.15, 0.2) is 5.96 Å². The fraction of sp³-hybridized carbons (Fsp3) is 0.895. The van der Waals surface area contributed by atoms with Gasteiger partial charge < -0.3 is 25.0 Å². The molecule has 0 radical (unpaired) electrons. The molecule has 0 aromatic rings. The van der Waals surface area contributed by atoms with Crippen LogP contribution in [0.2, 0.25) is 0 Å². The number of rotatable bonds is 5. The SMILES string of the molecule is CCNC(=NCC(C)(C)N1CCOCC1)NC1CN(C(=O)OC(C)(C)C)C1. The van der Waals surface area contributed by atoms with Crippen LogP contribution in [0.4, 0.5) is 4.79 Å². The number of hydrogen-bond donors (Lipinski definition) is 2. The Hall–Kier alpha value is -1.54. The second kappa shape index (κ2) is 9.10. The minimum Gasteiger partial charge on any atom is -0.444 e. The molecule has 2 N–H and O–H groups in total. The van der Waals surface area contributed by atoms with E-state index in [0.717, 1.165) is 38.8 Å². The van der Waals surface area contributed by atoms with Gasteiger partial charge in [-0.3, -0.25) is 9.89 Å². The molecule has 2 saturated heterocycles. The Morgan fingerprint density at radius 3 is 2.37 bits per heavy atom. The monoisotopic (exact) mass is 383 g/mol. The Morgan fingerprint density at radius 1 is 1.19 bits per heavy atom. The number of morpholine rings is 1. The molecule has 0 bridgehead atoms. The Kier molecular flexibility index (Phi) is 7.33. The van der Waals surface area contributed by atoms with E-state index in [0.29, 0.717) is 19.6 Å². The van der Waals surface area contributed by atoms with Crippen molar-refractivity contribution in [2.75, 3.05) is 52.5 Å². The molecule has 2 rings (SSSR count). The van der Waals surface area contributed by atoms with E-state index in [4.69, 9.17) is 14.5 Å². The maximum Gasteiger partial charge on any atom is 0.410 e. The highest BCUT2D eigenvalue weighted by molar-refractivity contribution is 5.80. The number of aliphatic imine (C=N–C) groups is 1. The molecule has 0 spiro atoms. The molecule has 2 aliphatic rings. The molecule has 0 saturated carbocycles. The van der Waals surface area contributed by atoms with Gasteiger partial charge in [-0.1, -0.05) is 0 Å². The Bertz CT molecular complexity index is 518. The fourth-order valence-electron chi connectivity index (χ4n) is 3.10. The van der Waals surface area contributed by atoms with Crippen molar-refractivity contribution in [1.29, 1.82) is 0 Å². The molecular weight excluding hydrogens is 346 g/mol. The molecular formula is C19H37N5O3. The molecule has 2 heterocycles. The zero-order valence-electron chi connectivity index (χ0n) is 17.8. The summed E-state index contributed by atoms with van der Waals surface area (Å²) in [5, 5.41) is 6.72. The highest BCUT2D eigenvalue weighted by atomic mass is 16.6. The van der Waals surface area contributed by atoms with E-state index in [9.17, 15) is 4.79 Å². The van der Waals surface area contributed by atoms with Crippen molar-refractivity contribution in [3.63, 3.8) is 0 Å². The van der Waals surface area contributed by atoms with Crippen LogP contribution in [0.15, 0.2) is 4.99 Å². The first-order valence-electron chi connectivity index (χ1n) is 9.96. The predicted octanol–water partition coefficient (Wildman–Crippen LogP) is 1.27. The van der Waals surface area contributed by atoms with Crippen molar-refractivity contribution in [1.82, 2.24) is 20.4 Å². The number of carbonyl (C=O) groups excluding carboxylic acids is 1. The van der Waals surface area contributed by atoms with E-state index in [1.54, 1.807) is 4.90 Å². The highest BCUT2D eigenvalue weighted by Crippen LogP contribution is 2.17. The van der Waals surface area contributed by atoms with Gasteiger partial charge in [0, 0.05) is 38.3 Å². The second-order valence-corrected chi connectivity index (χ2v) is 8.83. The van der Waals surface area contributed by atoms with Crippen LogP contribution < -0.4 is 10.6 Å². The summed E-state index contributed by atoms with van der Waals surface area (Å²) in [5.74, 6) is 0.799. The van der Waals surface area contributed by atoms with Gasteiger partial charge in [0.25, 0.3) is 0 Å². The zero-order chi connectivity index (χ0) is 20.1. The number of nitrogens with zero attached hydrogens (tertiary/aromatic N) is 3. The smallest absolute Gasteiger partial charge is 0.410 e. The third kappa shape index (κ3) is 6.84. The largest absolute Gasteiger partial charge is 0.444 e. The van der Waals surface area contributed by atoms with E-state index in [1.807, 2.05) is 20.8 Å². The lowest BCUT2D eigenvalue weighted by Crippen LogP contribution is -2.63. The predicted molar refractivity (Wildman–Crippen MR) is 107 cm³/mol. The third-order valence-electron chi connectivity index (χ3n) is 4.71. The second-order valence-electron chi connectivity index (χ2n) is 8.83. The maximum absolute atomic E-state index is 12.0. The number of carbonyl (C=O) groups is 1. The van der Waals surface area contributed by atoms with E-state index in [1.165, 1.54) is 0 Å². The summed E-state index contributed by atoms with van der Waals surface area (Å²) >= 11 is 0. The third-order valence-corrected chi connectivity index (χ3v) is 4.71. The van der Waals surface area contributed by atoms with Gasteiger partial charge in [-0.05, 0) is 41.5 Å². The number of guanidine groups is 1. The number of nitrogens with one attached hydrogen (secondary N) is 2. The lowest BCUT2D eigenvalue weighted by molar-refractivity contribution is -0.00688. The summed E-state index contributed by atoms with van der Waals surface area (Å²) in [5.41, 5.74) is -0.481. The highest BCUT2D eigenvalue weighted by Gasteiger charge is 2.34. The van der Waals surface area contributed by atoms with Crippen LogP contribution in [0.3, 0.4) is 0 Å². The van der Waals surface area contributed by atoms with Crippen LogP contribution in [-0.4, -0.2) is 91.5 Å². The lowest BCUT2D eigenvalue weighted by Gasteiger charge is -2.41. The number of likely N-dealkylation sites (tertiary alicyclic amines) is 1. The van der Waals surface area contributed by atoms with Crippen LogP contribution in [0.5, 0.6) is 0 Å². The van der Waals surface area contributed by atoms with Gasteiger partial charge in [0.2, 0.25) is 0 Å². The Morgan fingerprint density at radius 2 is 1.81 bits per heavy atom. The quantitative estimate of drug-likeness (QED) is 0.550. The molecule has 0 aromatic carbocycles. The van der Waals surface area contributed by atoms with Gasteiger partial charge in [-0.15, -0.1) is 0 Å². The van der Waals surface area contributed by atoms with Gasteiger partial charge in [0.1, 0.15) is 5.60 Å². The van der Waals surface area contributed by atoms with Gasteiger partial charge in [-0.2, -0.15) is 0 Å². The average molecular weight is 384 g/mol. The number of amides is 1. The minimum absolute atomic E-state index is 0.0195.